The maximum atomic E-state index is 13.7. The number of phenols is 1. The lowest BCUT2D eigenvalue weighted by Crippen LogP contribution is -2.05. The molecule has 0 aromatic heterocycles. The molecule has 0 aliphatic heterocycles. The van der Waals surface area contributed by atoms with Crippen LogP contribution in [0.4, 0.5) is 14.5 Å². The summed E-state index contributed by atoms with van der Waals surface area (Å²) in [5.41, 5.74) is 0.0811. The molecular formula is C14H11BrClF2NO2. The fraction of sp³-hybridized carbons (Fsp3) is 0.143. The Labute approximate surface area is 133 Å². The second kappa shape index (κ2) is 6.49. The summed E-state index contributed by atoms with van der Waals surface area (Å²) in [5, 5.41) is 12.9. The van der Waals surface area contributed by atoms with Gasteiger partial charge in [-0.2, -0.15) is 0 Å². The van der Waals surface area contributed by atoms with Crippen LogP contribution in [0.15, 0.2) is 28.7 Å². The van der Waals surface area contributed by atoms with E-state index in [1.54, 1.807) is 0 Å². The molecule has 7 heteroatoms. The highest BCUT2D eigenvalue weighted by Crippen LogP contribution is 2.34. The molecule has 0 heterocycles. The minimum atomic E-state index is -0.740. The van der Waals surface area contributed by atoms with E-state index < -0.39 is 11.6 Å². The van der Waals surface area contributed by atoms with Crippen molar-refractivity contribution in [2.75, 3.05) is 12.4 Å². The lowest BCUT2D eigenvalue weighted by molar-refractivity contribution is 0.371. The van der Waals surface area contributed by atoms with Crippen LogP contribution >= 0.6 is 27.5 Å². The van der Waals surface area contributed by atoms with Crippen molar-refractivity contribution in [2.45, 2.75) is 6.54 Å². The summed E-state index contributed by atoms with van der Waals surface area (Å²) in [4.78, 5) is 0. The zero-order valence-electron chi connectivity index (χ0n) is 10.9. The maximum absolute atomic E-state index is 13.7. The number of nitrogens with one attached hydrogen (secondary N) is 1. The molecule has 2 aromatic rings. The van der Waals surface area contributed by atoms with Gasteiger partial charge in [0.1, 0.15) is 17.3 Å². The maximum Gasteiger partial charge on any atom is 0.162 e. The lowest BCUT2D eigenvalue weighted by Gasteiger charge is -2.13. The van der Waals surface area contributed by atoms with Gasteiger partial charge in [0.25, 0.3) is 0 Å². The van der Waals surface area contributed by atoms with Crippen LogP contribution in [-0.2, 0) is 6.54 Å². The fourth-order valence-electron chi connectivity index (χ4n) is 1.81. The van der Waals surface area contributed by atoms with Gasteiger partial charge in [0, 0.05) is 27.7 Å². The third kappa shape index (κ3) is 3.57. The van der Waals surface area contributed by atoms with Gasteiger partial charge < -0.3 is 15.2 Å². The molecular weight excluding hydrogens is 368 g/mol. The predicted octanol–water partition coefficient (Wildman–Crippen LogP) is 4.71. The number of hydrogen-bond donors (Lipinski definition) is 2. The molecule has 21 heavy (non-hydrogen) atoms. The van der Waals surface area contributed by atoms with Crippen molar-refractivity contribution in [3.8, 4) is 11.5 Å². The summed E-state index contributed by atoms with van der Waals surface area (Å²) in [5.74, 6) is -1.42. The fourth-order valence-corrected chi connectivity index (χ4v) is 2.45. The molecule has 3 nitrogen and oxygen atoms in total. The van der Waals surface area contributed by atoms with Crippen molar-refractivity contribution in [1.29, 1.82) is 0 Å². The van der Waals surface area contributed by atoms with Crippen LogP contribution < -0.4 is 10.1 Å². The minimum Gasteiger partial charge on any atom is -0.504 e. The minimum absolute atomic E-state index is 0.0156. The van der Waals surface area contributed by atoms with Crippen LogP contribution in [0.25, 0.3) is 0 Å². The third-order valence-electron chi connectivity index (χ3n) is 2.80. The Kier molecular flexibility index (Phi) is 4.90. The molecule has 2 N–H and O–H groups in total. The average molecular weight is 379 g/mol. The van der Waals surface area contributed by atoms with Crippen molar-refractivity contribution < 1.29 is 18.6 Å². The molecule has 0 aliphatic carbocycles. The summed E-state index contributed by atoms with van der Waals surface area (Å²) in [6, 6.07) is 5.22. The first kappa shape index (κ1) is 15.9. The van der Waals surface area contributed by atoms with Crippen LogP contribution in [0.1, 0.15) is 5.56 Å². The van der Waals surface area contributed by atoms with Crippen LogP contribution in [-0.4, -0.2) is 12.2 Å². The molecule has 0 aliphatic rings. The van der Waals surface area contributed by atoms with Gasteiger partial charge in [-0.3, -0.25) is 0 Å². The molecule has 0 bridgehead atoms. The van der Waals surface area contributed by atoms with Crippen LogP contribution in [0, 0.1) is 11.6 Å². The van der Waals surface area contributed by atoms with E-state index in [2.05, 4.69) is 21.2 Å². The average Bonchev–Trinajstić information content (AvgIpc) is 2.40. The van der Waals surface area contributed by atoms with Gasteiger partial charge >= 0.3 is 0 Å². The van der Waals surface area contributed by atoms with Crippen LogP contribution in [0.3, 0.4) is 0 Å². The molecule has 0 amide bonds. The van der Waals surface area contributed by atoms with Gasteiger partial charge in [-0.1, -0.05) is 27.5 Å². The summed E-state index contributed by atoms with van der Waals surface area (Å²) >= 11 is 8.89. The number of phenolic OH excluding ortho intramolecular Hbond substituents is 1. The monoisotopic (exact) mass is 377 g/mol. The zero-order valence-corrected chi connectivity index (χ0v) is 13.2. The number of benzene rings is 2. The van der Waals surface area contributed by atoms with Crippen LogP contribution in [0.5, 0.6) is 11.5 Å². The first-order valence-corrected chi connectivity index (χ1v) is 7.03. The van der Waals surface area contributed by atoms with E-state index in [0.29, 0.717) is 15.1 Å². The van der Waals surface area contributed by atoms with Crippen molar-refractivity contribution in [2.24, 2.45) is 0 Å². The van der Waals surface area contributed by atoms with Gasteiger partial charge in [0.05, 0.1) is 7.11 Å². The SMILES string of the molecule is COc1cc(Cl)cc(CNc2c(F)cc(Br)cc2F)c1O. The molecule has 0 saturated heterocycles. The molecule has 2 rings (SSSR count). The zero-order chi connectivity index (χ0) is 15.6. The Morgan fingerprint density at radius 1 is 1.24 bits per heavy atom. The largest absolute Gasteiger partial charge is 0.504 e. The van der Waals surface area contributed by atoms with E-state index in [0.717, 1.165) is 12.1 Å². The summed E-state index contributed by atoms with van der Waals surface area (Å²) in [6.45, 7) is -0.0156. The number of rotatable bonds is 4. The smallest absolute Gasteiger partial charge is 0.162 e. The summed E-state index contributed by atoms with van der Waals surface area (Å²) in [6.07, 6.45) is 0. The summed E-state index contributed by atoms with van der Waals surface area (Å²) < 4.78 is 32.7. The first-order valence-electron chi connectivity index (χ1n) is 5.86. The van der Waals surface area contributed by atoms with E-state index >= 15 is 0 Å². The molecule has 112 valence electrons. The predicted molar refractivity (Wildman–Crippen MR) is 81.1 cm³/mol. The molecule has 2 aromatic carbocycles. The molecule has 0 unspecified atom stereocenters. The van der Waals surface area contributed by atoms with Gasteiger partial charge in [-0.15, -0.1) is 0 Å². The second-order valence-corrected chi connectivity index (χ2v) is 5.57. The Morgan fingerprint density at radius 2 is 1.86 bits per heavy atom. The molecule has 0 fully saturated rings. The Bertz CT molecular complexity index is 659. The molecule has 0 spiro atoms. The standard InChI is InChI=1S/C14H11BrClF2NO2/c1-21-12-5-9(16)2-7(14(12)20)6-19-13-10(17)3-8(15)4-11(13)18/h2-5,19-20H,6H2,1H3. The molecule has 0 radical (unpaired) electrons. The normalized spacial score (nSPS) is 10.5. The Balaban J connectivity index is 2.27. The van der Waals surface area contributed by atoms with Gasteiger partial charge in [-0.05, 0) is 18.2 Å². The van der Waals surface area contributed by atoms with Crippen molar-refractivity contribution in [3.05, 3.63) is 51.0 Å². The molecule has 0 saturated carbocycles. The molecule has 0 atom stereocenters. The number of methoxy groups -OCH3 is 1. The van der Waals surface area contributed by atoms with E-state index in [-0.39, 0.29) is 23.7 Å². The Morgan fingerprint density at radius 3 is 2.43 bits per heavy atom. The number of halogens is 4. The second-order valence-electron chi connectivity index (χ2n) is 4.21. The number of anilines is 1. The van der Waals surface area contributed by atoms with Crippen LogP contribution in [0.2, 0.25) is 5.02 Å². The van der Waals surface area contributed by atoms with E-state index in [1.165, 1.54) is 19.2 Å². The van der Waals surface area contributed by atoms with Crippen molar-refractivity contribution in [1.82, 2.24) is 0 Å². The van der Waals surface area contributed by atoms with Gasteiger partial charge in [0.15, 0.2) is 11.5 Å². The summed E-state index contributed by atoms with van der Waals surface area (Å²) in [7, 11) is 1.39. The van der Waals surface area contributed by atoms with Gasteiger partial charge in [-0.25, -0.2) is 8.78 Å². The van der Waals surface area contributed by atoms with E-state index in [9.17, 15) is 13.9 Å². The Hall–Kier alpha value is -1.53. The third-order valence-corrected chi connectivity index (χ3v) is 3.48. The quantitative estimate of drug-likeness (QED) is 0.810. The van der Waals surface area contributed by atoms with E-state index in [1.807, 2.05) is 0 Å². The first-order chi connectivity index (χ1) is 9.92. The number of hydrogen-bond acceptors (Lipinski definition) is 3. The highest BCUT2D eigenvalue weighted by atomic mass is 79.9. The topological polar surface area (TPSA) is 41.5 Å². The number of aromatic hydroxyl groups is 1. The highest BCUT2D eigenvalue weighted by Gasteiger charge is 2.13. The van der Waals surface area contributed by atoms with Crippen molar-refractivity contribution in [3.63, 3.8) is 0 Å². The lowest BCUT2D eigenvalue weighted by atomic mass is 10.1. The van der Waals surface area contributed by atoms with E-state index in [4.69, 9.17) is 16.3 Å². The van der Waals surface area contributed by atoms with Gasteiger partial charge in [0.2, 0.25) is 0 Å². The van der Waals surface area contributed by atoms with Crippen molar-refractivity contribution >= 4 is 33.2 Å². The number of ether oxygens (including phenoxy) is 1. The highest BCUT2D eigenvalue weighted by molar-refractivity contribution is 9.10.